The normalized spacial score (nSPS) is 19.4. The molecule has 1 amide bonds. The number of carbonyl (C=O) groups is 1. The Balaban J connectivity index is 1.34. The Morgan fingerprint density at radius 3 is 2.71 bits per heavy atom. The third kappa shape index (κ3) is 5.12. The van der Waals surface area contributed by atoms with Gasteiger partial charge >= 0.3 is 17.7 Å². The van der Waals surface area contributed by atoms with Crippen molar-refractivity contribution >= 4 is 22.9 Å². The molecule has 0 atom stereocenters. The van der Waals surface area contributed by atoms with Gasteiger partial charge in [-0.15, -0.1) is 0 Å². The molecule has 2 N–H and O–H groups in total. The number of aromatic amines is 1. The third-order valence-corrected chi connectivity index (χ3v) is 5.78. The van der Waals surface area contributed by atoms with Crippen LogP contribution in [0.15, 0.2) is 25.2 Å². The summed E-state index contributed by atoms with van der Waals surface area (Å²) < 4.78 is 10.5. The molecule has 0 unspecified atom stereocenters. The zero-order chi connectivity index (χ0) is 21.8. The lowest BCUT2D eigenvalue weighted by Crippen LogP contribution is -2.39. The number of oxime groups is 1. The van der Waals surface area contributed by atoms with Crippen LogP contribution in [0.2, 0.25) is 0 Å². The topological polar surface area (TPSA) is 136 Å². The number of H-pyrrole nitrogens is 1. The maximum Gasteiger partial charge on any atom is 0.407 e. The first-order valence-corrected chi connectivity index (χ1v) is 10.8. The van der Waals surface area contributed by atoms with Crippen molar-refractivity contribution in [3.05, 3.63) is 32.4 Å². The summed E-state index contributed by atoms with van der Waals surface area (Å²) >= 11 is 0. The molecule has 2 fully saturated rings. The molecule has 0 saturated heterocycles. The van der Waals surface area contributed by atoms with E-state index in [2.05, 4.69) is 20.4 Å². The summed E-state index contributed by atoms with van der Waals surface area (Å²) in [5.41, 5.74) is 0.271. The second kappa shape index (κ2) is 9.32. The minimum atomic E-state index is -0.572. The summed E-state index contributed by atoms with van der Waals surface area (Å²) in [6.45, 7) is 1.84. The Hall–Kier alpha value is -3.17. The molecule has 2 heterocycles. The Bertz CT molecular complexity index is 1090. The SMILES string of the molecule is CCc1cc(=O)oc2nc(ON=C3CCC(NC(=O)OC4CCCC4)CC3)[nH]c(=O)c12. The standard InChI is InChI=1S/C21H26N4O6/c1-2-12-11-16(26)30-19-17(12)18(27)23-20(24-19)31-25-14-9-7-13(8-10-14)22-21(28)29-15-5-3-4-6-15/h11,13,15H,2-10H2,1H3,(H,22,28)(H,23,24,27). The lowest BCUT2D eigenvalue weighted by Gasteiger charge is -2.24. The van der Waals surface area contributed by atoms with Crippen molar-refractivity contribution in [1.29, 1.82) is 0 Å². The second-order valence-electron chi connectivity index (χ2n) is 7.97. The minimum absolute atomic E-state index is 0.0354. The number of ether oxygens (including phenoxy) is 1. The summed E-state index contributed by atoms with van der Waals surface area (Å²) in [6, 6.07) is 1.19. The van der Waals surface area contributed by atoms with Gasteiger partial charge in [0, 0.05) is 12.1 Å². The molecular weight excluding hydrogens is 404 g/mol. The van der Waals surface area contributed by atoms with E-state index in [-0.39, 0.29) is 35.3 Å². The van der Waals surface area contributed by atoms with Gasteiger partial charge in [0.05, 0.1) is 5.71 Å². The van der Waals surface area contributed by atoms with Crippen LogP contribution in [0.1, 0.15) is 63.9 Å². The highest BCUT2D eigenvalue weighted by Crippen LogP contribution is 2.22. The zero-order valence-electron chi connectivity index (χ0n) is 17.4. The van der Waals surface area contributed by atoms with Crippen LogP contribution >= 0.6 is 0 Å². The molecule has 2 saturated carbocycles. The molecule has 2 aromatic rings. The summed E-state index contributed by atoms with van der Waals surface area (Å²) in [4.78, 5) is 47.9. The molecule has 0 spiro atoms. The van der Waals surface area contributed by atoms with Crippen LogP contribution in [0.25, 0.3) is 11.1 Å². The average Bonchev–Trinajstić information content (AvgIpc) is 3.25. The maximum atomic E-state index is 12.4. The van der Waals surface area contributed by atoms with Gasteiger partial charge < -0.3 is 19.3 Å². The van der Waals surface area contributed by atoms with Gasteiger partial charge in [-0.25, -0.2) is 9.59 Å². The van der Waals surface area contributed by atoms with E-state index in [0.29, 0.717) is 24.8 Å². The van der Waals surface area contributed by atoms with Crippen molar-refractivity contribution in [3.63, 3.8) is 0 Å². The number of amides is 1. The fraction of sp³-hybridized carbons (Fsp3) is 0.571. The molecule has 0 aromatic carbocycles. The molecule has 10 nitrogen and oxygen atoms in total. The van der Waals surface area contributed by atoms with Gasteiger partial charge in [-0.05, 0) is 63.4 Å². The Kier molecular flexibility index (Phi) is 6.34. The van der Waals surface area contributed by atoms with E-state index in [1.807, 2.05) is 6.92 Å². The number of aryl methyl sites for hydroxylation is 1. The molecular formula is C21H26N4O6. The maximum absolute atomic E-state index is 12.4. The quantitative estimate of drug-likeness (QED) is 0.696. The van der Waals surface area contributed by atoms with Crippen molar-refractivity contribution in [1.82, 2.24) is 15.3 Å². The summed E-state index contributed by atoms with van der Waals surface area (Å²) in [5, 5.41) is 7.24. The van der Waals surface area contributed by atoms with Gasteiger partial charge in [-0.3, -0.25) is 9.78 Å². The minimum Gasteiger partial charge on any atom is -0.446 e. The van der Waals surface area contributed by atoms with Gasteiger partial charge in [0.2, 0.25) is 5.71 Å². The summed E-state index contributed by atoms with van der Waals surface area (Å²) in [7, 11) is 0. The highest BCUT2D eigenvalue weighted by molar-refractivity contribution is 5.85. The van der Waals surface area contributed by atoms with E-state index < -0.39 is 11.2 Å². The van der Waals surface area contributed by atoms with Gasteiger partial charge in [-0.1, -0.05) is 12.1 Å². The summed E-state index contributed by atoms with van der Waals surface area (Å²) in [6.07, 6.45) is 7.04. The number of hydrogen-bond donors (Lipinski definition) is 2. The highest BCUT2D eigenvalue weighted by Gasteiger charge is 2.24. The predicted molar refractivity (Wildman–Crippen MR) is 112 cm³/mol. The molecule has 2 aliphatic rings. The number of aromatic nitrogens is 2. The molecule has 0 bridgehead atoms. The van der Waals surface area contributed by atoms with Gasteiger partial charge in [0.15, 0.2) is 0 Å². The summed E-state index contributed by atoms with van der Waals surface area (Å²) in [5.74, 6) is 0. The number of fused-ring (bicyclic) bond motifs is 1. The Morgan fingerprint density at radius 2 is 2.00 bits per heavy atom. The van der Waals surface area contributed by atoms with E-state index in [1.165, 1.54) is 6.07 Å². The smallest absolute Gasteiger partial charge is 0.407 e. The van der Waals surface area contributed by atoms with Crippen molar-refractivity contribution in [3.8, 4) is 6.01 Å². The Labute approximate surface area is 178 Å². The van der Waals surface area contributed by atoms with Gasteiger partial charge in [-0.2, -0.15) is 4.98 Å². The average molecular weight is 430 g/mol. The molecule has 166 valence electrons. The fourth-order valence-electron chi connectivity index (χ4n) is 4.10. The van der Waals surface area contributed by atoms with Crippen LogP contribution in [0.4, 0.5) is 4.79 Å². The number of rotatable bonds is 5. The van der Waals surface area contributed by atoms with Gasteiger partial charge in [0.1, 0.15) is 11.5 Å². The molecule has 2 aromatic heterocycles. The molecule has 0 aliphatic heterocycles. The number of hydrogen-bond acceptors (Lipinski definition) is 8. The van der Waals surface area contributed by atoms with E-state index in [4.69, 9.17) is 14.0 Å². The van der Waals surface area contributed by atoms with Crippen LogP contribution in [-0.4, -0.2) is 33.9 Å². The first kappa shape index (κ1) is 21.1. The molecule has 31 heavy (non-hydrogen) atoms. The van der Waals surface area contributed by atoms with Crippen molar-refractivity contribution in [2.75, 3.05) is 0 Å². The van der Waals surface area contributed by atoms with Crippen molar-refractivity contribution in [2.24, 2.45) is 5.16 Å². The van der Waals surface area contributed by atoms with Crippen molar-refractivity contribution < 1.29 is 18.8 Å². The first-order valence-electron chi connectivity index (χ1n) is 10.8. The van der Waals surface area contributed by atoms with E-state index in [9.17, 15) is 14.4 Å². The van der Waals surface area contributed by atoms with Crippen LogP contribution in [-0.2, 0) is 11.2 Å². The second-order valence-corrected chi connectivity index (χ2v) is 7.97. The van der Waals surface area contributed by atoms with E-state index in [0.717, 1.165) is 44.2 Å². The number of carbonyl (C=O) groups excluding carboxylic acids is 1. The van der Waals surface area contributed by atoms with E-state index in [1.54, 1.807) is 0 Å². The number of nitrogens with zero attached hydrogens (tertiary/aromatic N) is 2. The third-order valence-electron chi connectivity index (χ3n) is 5.78. The molecule has 0 radical (unpaired) electrons. The Morgan fingerprint density at radius 1 is 1.26 bits per heavy atom. The lowest BCUT2D eigenvalue weighted by molar-refractivity contribution is 0.0969. The van der Waals surface area contributed by atoms with Crippen molar-refractivity contribution in [2.45, 2.75) is 76.9 Å². The fourth-order valence-corrected chi connectivity index (χ4v) is 4.10. The lowest BCUT2D eigenvalue weighted by atomic mass is 9.94. The molecule has 10 heteroatoms. The number of alkyl carbamates (subject to hydrolysis) is 1. The van der Waals surface area contributed by atoms with Crippen LogP contribution in [0.3, 0.4) is 0 Å². The predicted octanol–water partition coefficient (Wildman–Crippen LogP) is 2.78. The molecule has 2 aliphatic carbocycles. The van der Waals surface area contributed by atoms with Crippen LogP contribution in [0, 0.1) is 0 Å². The van der Waals surface area contributed by atoms with Gasteiger partial charge in [0.25, 0.3) is 5.56 Å². The zero-order valence-corrected chi connectivity index (χ0v) is 17.4. The highest BCUT2D eigenvalue weighted by atomic mass is 16.6. The molecule has 4 rings (SSSR count). The largest absolute Gasteiger partial charge is 0.446 e. The monoisotopic (exact) mass is 430 g/mol. The van der Waals surface area contributed by atoms with E-state index >= 15 is 0 Å². The van der Waals surface area contributed by atoms with Crippen LogP contribution < -0.4 is 21.3 Å². The number of nitrogens with one attached hydrogen (secondary N) is 2. The van der Waals surface area contributed by atoms with Crippen LogP contribution in [0.5, 0.6) is 6.01 Å². The first-order chi connectivity index (χ1) is 15.0.